The summed E-state index contributed by atoms with van der Waals surface area (Å²) in [5.74, 6) is 6.08. The molecule has 1 rings (SSSR count). The van der Waals surface area contributed by atoms with Crippen molar-refractivity contribution in [3.8, 4) is 0 Å². The second kappa shape index (κ2) is 18.3. The minimum absolute atomic E-state index is 0.0243. The molecule has 6 heteroatoms. The molecule has 1 heterocycles. The van der Waals surface area contributed by atoms with Crippen LogP contribution in [0.25, 0.3) is 0 Å². The van der Waals surface area contributed by atoms with Crippen molar-refractivity contribution in [3.05, 3.63) is 0 Å². The zero-order valence-electron chi connectivity index (χ0n) is 21.2. The number of nitrogens with zero attached hydrogens (tertiary/aromatic N) is 2. The van der Waals surface area contributed by atoms with E-state index in [4.69, 9.17) is 11.6 Å². The molecule has 1 fully saturated rings. The van der Waals surface area contributed by atoms with Gasteiger partial charge in [-0.15, -0.1) is 0 Å². The van der Waals surface area contributed by atoms with E-state index < -0.39 is 6.04 Å². The summed E-state index contributed by atoms with van der Waals surface area (Å²) < 4.78 is 0. The summed E-state index contributed by atoms with van der Waals surface area (Å²) in [4.78, 5) is 27.3. The van der Waals surface area contributed by atoms with Crippen molar-refractivity contribution in [2.24, 2.45) is 11.6 Å². The first-order valence-corrected chi connectivity index (χ1v) is 13.6. The number of nitrogens with two attached hydrogens (primary N) is 2. The van der Waals surface area contributed by atoms with E-state index in [1.165, 1.54) is 62.8 Å². The van der Waals surface area contributed by atoms with Crippen molar-refractivity contribution in [1.82, 2.24) is 9.91 Å². The van der Waals surface area contributed by atoms with Gasteiger partial charge in [0.15, 0.2) is 0 Å². The quantitative estimate of drug-likeness (QED) is 0.128. The molecule has 0 aliphatic carbocycles. The lowest BCUT2D eigenvalue weighted by Crippen LogP contribution is -2.55. The maximum atomic E-state index is 12.9. The summed E-state index contributed by atoms with van der Waals surface area (Å²) in [5, 5.41) is 1.26. The lowest BCUT2D eigenvalue weighted by Gasteiger charge is -2.38. The molecule has 0 radical (unpaired) electrons. The Morgan fingerprint density at radius 3 is 2.03 bits per heavy atom. The van der Waals surface area contributed by atoms with Gasteiger partial charge >= 0.3 is 0 Å². The smallest absolute Gasteiger partial charge is 0.253 e. The van der Waals surface area contributed by atoms with Crippen molar-refractivity contribution in [2.45, 2.75) is 142 Å². The molecule has 1 aliphatic rings. The van der Waals surface area contributed by atoms with Crippen LogP contribution in [0.3, 0.4) is 0 Å². The summed E-state index contributed by atoms with van der Waals surface area (Å²) in [7, 11) is 0. The first kappa shape index (κ1) is 28.9. The molecular formula is C26H52N4O2. The SMILES string of the molecule is CCCCCCCCCCCCCC(=O)N1CCCCC1CN(N)C(=O)C(N)CCCC. The number of likely N-dealkylation sites (tertiary alicyclic amines) is 1. The van der Waals surface area contributed by atoms with Gasteiger partial charge in [-0.3, -0.25) is 14.6 Å². The monoisotopic (exact) mass is 452 g/mol. The Balaban J connectivity index is 2.25. The van der Waals surface area contributed by atoms with Crippen LogP contribution in [0.15, 0.2) is 0 Å². The summed E-state index contributed by atoms with van der Waals surface area (Å²) in [6, 6.07) is -0.514. The molecule has 32 heavy (non-hydrogen) atoms. The highest BCUT2D eigenvalue weighted by atomic mass is 16.2. The van der Waals surface area contributed by atoms with Gasteiger partial charge in [-0.1, -0.05) is 90.9 Å². The second-order valence-corrected chi connectivity index (χ2v) is 9.76. The van der Waals surface area contributed by atoms with E-state index in [9.17, 15) is 9.59 Å². The molecule has 0 aromatic carbocycles. The number of unbranched alkanes of at least 4 members (excludes halogenated alkanes) is 11. The Morgan fingerprint density at radius 2 is 1.44 bits per heavy atom. The van der Waals surface area contributed by atoms with E-state index in [0.29, 0.717) is 19.4 Å². The maximum Gasteiger partial charge on any atom is 0.253 e. The lowest BCUT2D eigenvalue weighted by molar-refractivity contribution is -0.140. The van der Waals surface area contributed by atoms with Gasteiger partial charge in [0.25, 0.3) is 5.91 Å². The number of hydrazine groups is 1. The molecule has 0 spiro atoms. The fraction of sp³-hybridized carbons (Fsp3) is 0.923. The Labute approximate surface area is 197 Å². The molecule has 1 aliphatic heterocycles. The fourth-order valence-electron chi connectivity index (χ4n) is 4.68. The van der Waals surface area contributed by atoms with Crippen LogP contribution >= 0.6 is 0 Å². The first-order chi connectivity index (χ1) is 15.5. The summed E-state index contributed by atoms with van der Waals surface area (Å²) in [5.41, 5.74) is 6.00. The van der Waals surface area contributed by atoms with Gasteiger partial charge in [0, 0.05) is 13.0 Å². The van der Waals surface area contributed by atoms with Crippen LogP contribution in [0, 0.1) is 0 Å². The van der Waals surface area contributed by atoms with Crippen molar-refractivity contribution >= 4 is 11.8 Å². The van der Waals surface area contributed by atoms with Gasteiger partial charge in [0.1, 0.15) is 0 Å². The van der Waals surface area contributed by atoms with E-state index >= 15 is 0 Å². The number of rotatable bonds is 18. The van der Waals surface area contributed by atoms with Crippen molar-refractivity contribution in [2.75, 3.05) is 13.1 Å². The van der Waals surface area contributed by atoms with E-state index in [-0.39, 0.29) is 17.9 Å². The standard InChI is InChI=1S/C26H52N4O2/c1-3-5-7-8-9-10-11-12-13-14-15-20-25(31)29-21-17-16-18-23(29)22-30(28)26(32)24(27)19-6-4-2/h23-24H,3-22,27-28H2,1-2H3. The third-order valence-corrected chi connectivity index (χ3v) is 6.82. The molecule has 188 valence electrons. The predicted molar refractivity (Wildman–Crippen MR) is 134 cm³/mol. The molecule has 2 unspecified atom stereocenters. The fourth-order valence-corrected chi connectivity index (χ4v) is 4.68. The highest BCUT2D eigenvalue weighted by Crippen LogP contribution is 2.20. The number of carbonyl (C=O) groups excluding carboxylic acids is 2. The van der Waals surface area contributed by atoms with Crippen molar-refractivity contribution < 1.29 is 9.59 Å². The topological polar surface area (TPSA) is 92.7 Å². The van der Waals surface area contributed by atoms with Gasteiger partial charge in [0.2, 0.25) is 5.91 Å². The molecule has 6 nitrogen and oxygen atoms in total. The Hall–Kier alpha value is -1.14. The number of carbonyl (C=O) groups is 2. The summed E-state index contributed by atoms with van der Waals surface area (Å²) in [6.45, 7) is 5.52. The number of piperidine rings is 1. The molecule has 2 amide bonds. The first-order valence-electron chi connectivity index (χ1n) is 13.6. The number of hydrogen-bond acceptors (Lipinski definition) is 4. The third-order valence-electron chi connectivity index (χ3n) is 6.82. The Morgan fingerprint density at radius 1 is 0.875 bits per heavy atom. The van der Waals surface area contributed by atoms with Crippen molar-refractivity contribution in [3.63, 3.8) is 0 Å². The average Bonchev–Trinajstić information content (AvgIpc) is 2.80. The number of amides is 2. The highest BCUT2D eigenvalue weighted by Gasteiger charge is 2.29. The minimum atomic E-state index is -0.538. The zero-order chi connectivity index (χ0) is 23.6. The molecule has 4 N–H and O–H groups in total. The van der Waals surface area contributed by atoms with Crippen LogP contribution in [-0.4, -0.2) is 46.9 Å². The van der Waals surface area contributed by atoms with Crippen LogP contribution in [0.4, 0.5) is 0 Å². The van der Waals surface area contributed by atoms with Crippen LogP contribution in [-0.2, 0) is 9.59 Å². The number of hydrogen-bond donors (Lipinski definition) is 2. The van der Waals surface area contributed by atoms with Gasteiger partial charge < -0.3 is 10.6 Å². The second-order valence-electron chi connectivity index (χ2n) is 9.76. The van der Waals surface area contributed by atoms with Crippen LogP contribution in [0.5, 0.6) is 0 Å². The van der Waals surface area contributed by atoms with Gasteiger partial charge in [-0.05, 0) is 32.1 Å². The largest absolute Gasteiger partial charge is 0.338 e. The average molecular weight is 453 g/mol. The van der Waals surface area contributed by atoms with Gasteiger partial charge in [0.05, 0.1) is 18.6 Å². The van der Waals surface area contributed by atoms with Crippen LogP contribution in [0.1, 0.15) is 129 Å². The predicted octanol–water partition coefficient (Wildman–Crippen LogP) is 5.29. The lowest BCUT2D eigenvalue weighted by atomic mass is 10.00. The highest BCUT2D eigenvalue weighted by molar-refractivity contribution is 5.81. The molecule has 0 bridgehead atoms. The third kappa shape index (κ3) is 12.2. The molecule has 1 saturated heterocycles. The van der Waals surface area contributed by atoms with Gasteiger partial charge in [-0.25, -0.2) is 5.84 Å². The van der Waals surface area contributed by atoms with E-state index in [1.807, 2.05) is 4.90 Å². The van der Waals surface area contributed by atoms with E-state index in [1.54, 1.807) is 0 Å². The molecule has 2 atom stereocenters. The normalized spacial score (nSPS) is 17.4. The van der Waals surface area contributed by atoms with Crippen LogP contribution in [0.2, 0.25) is 0 Å². The summed E-state index contributed by atoms with van der Waals surface area (Å²) in [6.07, 6.45) is 20.4. The van der Waals surface area contributed by atoms with Gasteiger partial charge in [-0.2, -0.15) is 0 Å². The maximum absolute atomic E-state index is 12.9. The molecular weight excluding hydrogens is 400 g/mol. The van der Waals surface area contributed by atoms with Crippen LogP contribution < -0.4 is 11.6 Å². The van der Waals surface area contributed by atoms with E-state index in [0.717, 1.165) is 51.5 Å². The molecule has 0 aromatic rings. The molecule has 0 aromatic heterocycles. The Bertz CT molecular complexity index is 500. The van der Waals surface area contributed by atoms with Crippen molar-refractivity contribution in [1.29, 1.82) is 0 Å². The van der Waals surface area contributed by atoms with E-state index in [2.05, 4.69) is 13.8 Å². The summed E-state index contributed by atoms with van der Waals surface area (Å²) >= 11 is 0. The zero-order valence-corrected chi connectivity index (χ0v) is 21.2. The Kier molecular flexibility index (Phi) is 16.5. The minimum Gasteiger partial charge on any atom is -0.338 e. The molecule has 0 saturated carbocycles.